The van der Waals surface area contributed by atoms with E-state index in [1.54, 1.807) is 12.1 Å². The van der Waals surface area contributed by atoms with Crippen LogP contribution in [0.3, 0.4) is 0 Å². The van der Waals surface area contributed by atoms with Gasteiger partial charge in [0.25, 0.3) is 0 Å². The summed E-state index contributed by atoms with van der Waals surface area (Å²) in [4.78, 5) is 10.9. The number of phenols is 1. The van der Waals surface area contributed by atoms with Crippen molar-refractivity contribution in [1.29, 1.82) is 0 Å². The third-order valence-electron chi connectivity index (χ3n) is 16.8. The minimum atomic E-state index is -1.02. The van der Waals surface area contributed by atoms with Gasteiger partial charge in [0.15, 0.2) is 5.75 Å². The van der Waals surface area contributed by atoms with Gasteiger partial charge in [0, 0.05) is 11.0 Å². The first-order valence-electron chi connectivity index (χ1n) is 24.4. The van der Waals surface area contributed by atoms with E-state index in [1.807, 2.05) is 12.1 Å². The van der Waals surface area contributed by atoms with E-state index in [0.717, 1.165) is 60.0 Å². The fraction of sp³-hybridized carbons (Fsp3) is 0.723. The third kappa shape index (κ3) is 10.8. The Balaban J connectivity index is 0.000000185. The first-order valence-corrected chi connectivity index (χ1v) is 28.7. The average Bonchev–Trinajstić information content (AvgIpc) is 4.03. The topological polar surface area (TPSA) is 189 Å². The van der Waals surface area contributed by atoms with Crippen molar-refractivity contribution in [2.24, 2.45) is 53.1 Å². The molecular formula is C47H67I4N9O4Si. The molecule has 5 saturated heterocycles. The molecule has 13 nitrogen and oxygen atoms in total. The van der Waals surface area contributed by atoms with Crippen molar-refractivity contribution in [2.75, 3.05) is 0 Å². The molecule has 4 saturated carbocycles. The molecule has 5 aliphatic heterocycles. The molecule has 4 radical (unpaired) electrons. The van der Waals surface area contributed by atoms with Crippen LogP contribution in [0, 0.1) is 61.6 Å². The highest BCUT2D eigenvalue weighted by Gasteiger charge is 2.54. The van der Waals surface area contributed by atoms with Crippen molar-refractivity contribution < 1.29 is 19.7 Å². The quantitative estimate of drug-likeness (QED) is 0.111. The van der Waals surface area contributed by atoms with E-state index in [9.17, 15) is 9.90 Å². The van der Waals surface area contributed by atoms with Crippen LogP contribution in [0.5, 0.6) is 17.2 Å². The molecule has 356 valence electrons. The molecule has 8 bridgehead atoms. The summed E-state index contributed by atoms with van der Waals surface area (Å²) in [6.45, 7) is 0. The first-order chi connectivity index (χ1) is 31.0. The Hall–Kier alpha value is 0.287. The minimum Gasteiger partial charge on any atom is -0.506 e. The van der Waals surface area contributed by atoms with E-state index in [2.05, 4.69) is 133 Å². The fourth-order valence-corrected chi connectivity index (χ4v) is 17.7. The van der Waals surface area contributed by atoms with Crippen LogP contribution >= 0.6 is 90.4 Å². The van der Waals surface area contributed by atoms with Gasteiger partial charge in [-0.2, -0.15) is 0 Å². The number of phenolic OH excluding ortho intramolecular Hbond substituents is 1. The maximum Gasteiger partial charge on any atom is 0.320 e. The van der Waals surface area contributed by atoms with Crippen LogP contribution < -0.4 is 53.0 Å². The lowest BCUT2D eigenvalue weighted by molar-refractivity contribution is -0.138. The van der Waals surface area contributed by atoms with Crippen LogP contribution in [0.2, 0.25) is 0 Å². The predicted octanol–water partition coefficient (Wildman–Crippen LogP) is 6.78. The fourth-order valence-electron chi connectivity index (χ4n) is 13.9. The number of halogens is 4. The second-order valence-electron chi connectivity index (χ2n) is 20.5. The summed E-state index contributed by atoms with van der Waals surface area (Å²) in [5.74, 6) is 6.52. The lowest BCUT2D eigenvalue weighted by Gasteiger charge is -2.35. The maximum atomic E-state index is 10.9. The zero-order valence-electron chi connectivity index (χ0n) is 36.9. The summed E-state index contributed by atoms with van der Waals surface area (Å²) >= 11 is 8.42. The molecule has 8 unspecified atom stereocenters. The Morgan fingerprint density at radius 2 is 0.785 bits per heavy atom. The van der Waals surface area contributed by atoms with Gasteiger partial charge in [-0.15, -0.1) is 0 Å². The van der Waals surface area contributed by atoms with Crippen molar-refractivity contribution in [3.8, 4) is 17.2 Å². The van der Waals surface area contributed by atoms with Gasteiger partial charge in [-0.3, -0.25) is 47.3 Å². The molecule has 9 atom stereocenters. The molecule has 11 rings (SSSR count). The molecule has 0 aromatic heterocycles. The highest BCUT2D eigenvalue weighted by molar-refractivity contribution is 14.1. The number of carbonyl (C=O) groups is 1. The lowest BCUT2D eigenvalue weighted by Crippen LogP contribution is -2.61. The highest BCUT2D eigenvalue weighted by Crippen LogP contribution is 2.46. The van der Waals surface area contributed by atoms with Gasteiger partial charge in [0.05, 0.1) is 63.6 Å². The third-order valence-corrected chi connectivity index (χ3v) is 20.1. The zero-order valence-corrected chi connectivity index (χ0v) is 46.6. The number of nitrogens with two attached hydrogens (primary N) is 1. The number of nitrogens with one attached hydrogen (secondary N) is 8. The first kappa shape index (κ1) is 50.2. The van der Waals surface area contributed by atoms with Crippen LogP contribution in [0.1, 0.15) is 108 Å². The maximum absolute atomic E-state index is 10.9. The van der Waals surface area contributed by atoms with Crippen molar-refractivity contribution in [2.45, 2.75) is 165 Å². The van der Waals surface area contributed by atoms with Gasteiger partial charge < -0.3 is 20.7 Å². The Bertz CT molecular complexity index is 1760. The number of hydrogen-bond donors (Lipinski definition) is 11. The predicted molar refractivity (Wildman–Crippen MR) is 288 cm³/mol. The number of hydrogen-bond acceptors (Lipinski definition) is 12. The number of carboxylic acid groups (broad SMARTS) is 1. The van der Waals surface area contributed by atoms with Gasteiger partial charge in [-0.05, 0) is 225 Å². The normalized spacial score (nSPS) is 39.9. The lowest BCUT2D eigenvalue weighted by atomic mass is 9.76. The Labute approximate surface area is 444 Å². The molecule has 4 aliphatic carbocycles. The molecule has 65 heavy (non-hydrogen) atoms. The van der Waals surface area contributed by atoms with Crippen molar-refractivity contribution in [1.82, 2.24) is 42.5 Å². The standard InChI is InChI=1S/C32H56N8.C15H11I4NO4.Si/c1-2-10-18-17(9-1)25-33-26(18)38-28-21-13-5-6-14-22(21)30(35-28)40-32-24-16-8-7-15-23(24)31(36-32)39-29-20-12-4-3-11-19(20)27(34-29)37-25;16-8-4-7(5-9(17)13(8)21)24-14-10(18)1-6(2-11(14)19)3-12(20)15(22)23;/h17-40H,1-16H2;1-2,4-5,12,21H,3,20H2,(H,22,23);/t;12-;/m.0./s1. The van der Waals surface area contributed by atoms with E-state index in [0.29, 0.717) is 68.0 Å². The smallest absolute Gasteiger partial charge is 0.320 e. The van der Waals surface area contributed by atoms with Crippen molar-refractivity contribution in [3.63, 3.8) is 0 Å². The second-order valence-corrected chi connectivity index (χ2v) is 25.1. The molecule has 9 fully saturated rings. The minimum absolute atomic E-state index is 0. The van der Waals surface area contributed by atoms with Crippen LogP contribution in [0.15, 0.2) is 24.3 Å². The summed E-state index contributed by atoms with van der Waals surface area (Å²) in [7, 11) is 0. The zero-order chi connectivity index (χ0) is 44.2. The number of carboxylic acids is 1. The number of rotatable bonds is 5. The average molecular weight is 1360 g/mol. The molecule has 5 heterocycles. The molecule has 18 heteroatoms. The van der Waals surface area contributed by atoms with Gasteiger partial charge in [-0.25, -0.2) is 0 Å². The summed E-state index contributed by atoms with van der Waals surface area (Å²) in [6.07, 6.45) is 25.8. The highest BCUT2D eigenvalue weighted by atomic mass is 127. The second kappa shape index (κ2) is 22.0. The Kier molecular flexibility index (Phi) is 17.0. The number of benzene rings is 2. The molecular weight excluding hydrogens is 1290 g/mol. The van der Waals surface area contributed by atoms with Gasteiger partial charge >= 0.3 is 5.97 Å². The number of aliphatic carboxylic acids is 1. The van der Waals surface area contributed by atoms with Crippen molar-refractivity contribution in [3.05, 3.63) is 44.1 Å². The number of fused-ring (bicyclic) bond motifs is 20. The van der Waals surface area contributed by atoms with Crippen LogP contribution in [0.4, 0.5) is 0 Å². The Morgan fingerprint density at radius 1 is 0.523 bits per heavy atom. The largest absolute Gasteiger partial charge is 0.506 e. The van der Waals surface area contributed by atoms with E-state index in [-0.39, 0.29) is 23.1 Å². The van der Waals surface area contributed by atoms with Crippen LogP contribution in [-0.4, -0.2) is 82.5 Å². The summed E-state index contributed by atoms with van der Waals surface area (Å²) < 4.78 is 9.14. The molecule has 2 aromatic rings. The van der Waals surface area contributed by atoms with Gasteiger partial charge in [-0.1, -0.05) is 51.4 Å². The van der Waals surface area contributed by atoms with Gasteiger partial charge in [0.1, 0.15) is 17.5 Å². The SMILES string of the molecule is C1CCC2C3NC(NC4NC(NC5NC(NC6NC(N3)C3CCCCC63)C3CCCCC53)C3CCCCC43)C2C1.N[C@@H](Cc1cc(I)c(Oc2cc(I)c(O)c(I)c2)c(I)c1)C(=O)O.[Si]. The van der Waals surface area contributed by atoms with E-state index in [1.165, 1.54) is 103 Å². The van der Waals surface area contributed by atoms with Crippen LogP contribution in [0.25, 0.3) is 0 Å². The Morgan fingerprint density at radius 3 is 1.03 bits per heavy atom. The molecule has 2 aromatic carbocycles. The van der Waals surface area contributed by atoms with E-state index in [4.69, 9.17) is 15.6 Å². The van der Waals surface area contributed by atoms with E-state index < -0.39 is 12.0 Å². The molecule has 0 spiro atoms. The summed E-state index contributed by atoms with van der Waals surface area (Å²) in [5.41, 5.74) is 6.44. The van der Waals surface area contributed by atoms with E-state index >= 15 is 0 Å². The number of ether oxygens (including phenoxy) is 1. The van der Waals surface area contributed by atoms with Gasteiger partial charge in [0.2, 0.25) is 0 Å². The molecule has 0 amide bonds. The van der Waals surface area contributed by atoms with Crippen molar-refractivity contribution >= 4 is 107 Å². The summed E-state index contributed by atoms with van der Waals surface area (Å²) in [6, 6.07) is 6.34. The monoisotopic (exact) mass is 1360 g/mol. The summed E-state index contributed by atoms with van der Waals surface area (Å²) in [5, 5.41) is 52.6. The molecule has 12 N–H and O–H groups in total. The molecule has 9 aliphatic rings. The van der Waals surface area contributed by atoms with Crippen LogP contribution in [-0.2, 0) is 11.2 Å². The number of aromatic hydroxyl groups is 1.